The van der Waals surface area contributed by atoms with Crippen LogP contribution < -0.4 is 4.74 Å². The summed E-state index contributed by atoms with van der Waals surface area (Å²) in [6.07, 6.45) is 0. The molecule has 1 aromatic heterocycles. The van der Waals surface area contributed by atoms with E-state index in [1.807, 2.05) is 38.1 Å². The van der Waals surface area contributed by atoms with Gasteiger partial charge in [0.25, 0.3) is 0 Å². The highest BCUT2D eigenvalue weighted by molar-refractivity contribution is 6.30. The van der Waals surface area contributed by atoms with Crippen molar-refractivity contribution in [1.29, 1.82) is 0 Å². The lowest BCUT2D eigenvalue weighted by molar-refractivity contribution is 0.458. The molecular formula is C14H13Cl2NO. The molecule has 0 N–H and O–H groups in total. The van der Waals surface area contributed by atoms with E-state index >= 15 is 0 Å². The summed E-state index contributed by atoms with van der Waals surface area (Å²) >= 11 is 11.8. The fourth-order valence-corrected chi connectivity index (χ4v) is 1.95. The van der Waals surface area contributed by atoms with Crippen LogP contribution in [0.5, 0.6) is 11.6 Å². The SMILES string of the molecule is Cc1cc(CCl)cc(Oc2cc(Cl)ccc2C)n1. The number of aromatic nitrogens is 1. The van der Waals surface area contributed by atoms with Crippen LogP contribution in [0.15, 0.2) is 30.3 Å². The summed E-state index contributed by atoms with van der Waals surface area (Å²) < 4.78 is 5.76. The number of nitrogens with zero attached hydrogens (tertiary/aromatic N) is 1. The van der Waals surface area contributed by atoms with Crippen LogP contribution in [0, 0.1) is 13.8 Å². The molecule has 0 aliphatic heterocycles. The van der Waals surface area contributed by atoms with Crippen molar-refractivity contribution in [3.63, 3.8) is 0 Å². The van der Waals surface area contributed by atoms with Crippen molar-refractivity contribution >= 4 is 23.2 Å². The lowest BCUT2D eigenvalue weighted by Crippen LogP contribution is -1.94. The Morgan fingerprint density at radius 3 is 2.67 bits per heavy atom. The maximum atomic E-state index is 5.95. The molecular weight excluding hydrogens is 269 g/mol. The predicted octanol–water partition coefficient (Wildman–Crippen LogP) is 4.88. The Labute approximate surface area is 117 Å². The number of halogens is 2. The van der Waals surface area contributed by atoms with E-state index < -0.39 is 0 Å². The monoisotopic (exact) mass is 281 g/mol. The van der Waals surface area contributed by atoms with Crippen LogP contribution in [-0.2, 0) is 5.88 Å². The van der Waals surface area contributed by atoms with Gasteiger partial charge in [-0.2, -0.15) is 0 Å². The molecule has 0 atom stereocenters. The van der Waals surface area contributed by atoms with Crippen molar-refractivity contribution in [3.05, 3.63) is 52.2 Å². The van der Waals surface area contributed by atoms with Gasteiger partial charge >= 0.3 is 0 Å². The number of pyridine rings is 1. The first-order valence-electron chi connectivity index (χ1n) is 5.56. The minimum atomic E-state index is 0.439. The summed E-state index contributed by atoms with van der Waals surface area (Å²) in [6, 6.07) is 9.29. The fourth-order valence-electron chi connectivity index (χ4n) is 1.63. The Bertz CT molecular complexity index is 570. The topological polar surface area (TPSA) is 22.1 Å². The Balaban J connectivity index is 2.33. The van der Waals surface area contributed by atoms with Gasteiger partial charge in [0.2, 0.25) is 5.88 Å². The summed E-state index contributed by atoms with van der Waals surface area (Å²) in [5.74, 6) is 1.69. The molecule has 0 aliphatic carbocycles. The minimum Gasteiger partial charge on any atom is -0.439 e. The quantitative estimate of drug-likeness (QED) is 0.748. The van der Waals surface area contributed by atoms with Crippen LogP contribution in [0.4, 0.5) is 0 Å². The van der Waals surface area contributed by atoms with Gasteiger partial charge in [-0.1, -0.05) is 17.7 Å². The molecule has 4 heteroatoms. The molecule has 2 rings (SSSR count). The molecule has 0 radical (unpaired) electrons. The highest BCUT2D eigenvalue weighted by Crippen LogP contribution is 2.27. The smallest absolute Gasteiger partial charge is 0.219 e. The first-order chi connectivity index (χ1) is 8.58. The van der Waals surface area contributed by atoms with Gasteiger partial charge in [-0.15, -0.1) is 11.6 Å². The van der Waals surface area contributed by atoms with Crippen LogP contribution in [0.25, 0.3) is 0 Å². The third-order valence-corrected chi connectivity index (χ3v) is 3.05. The molecule has 0 bridgehead atoms. The van der Waals surface area contributed by atoms with Crippen molar-refractivity contribution in [2.75, 3.05) is 0 Å². The summed E-state index contributed by atoms with van der Waals surface area (Å²) in [4.78, 5) is 4.32. The number of benzene rings is 1. The second kappa shape index (κ2) is 5.59. The Kier molecular flexibility index (Phi) is 4.10. The molecule has 94 valence electrons. The van der Waals surface area contributed by atoms with Crippen LogP contribution in [-0.4, -0.2) is 4.98 Å². The second-order valence-electron chi connectivity index (χ2n) is 4.10. The van der Waals surface area contributed by atoms with E-state index in [9.17, 15) is 0 Å². The third kappa shape index (κ3) is 3.15. The highest BCUT2D eigenvalue weighted by atomic mass is 35.5. The number of alkyl halides is 1. The largest absolute Gasteiger partial charge is 0.439 e. The number of aryl methyl sites for hydroxylation is 2. The van der Waals surface area contributed by atoms with E-state index in [-0.39, 0.29) is 0 Å². The normalized spacial score (nSPS) is 10.4. The van der Waals surface area contributed by atoms with E-state index in [4.69, 9.17) is 27.9 Å². The molecule has 0 aliphatic rings. The zero-order valence-electron chi connectivity index (χ0n) is 10.2. The molecule has 2 aromatic rings. The Morgan fingerprint density at radius 1 is 1.17 bits per heavy atom. The zero-order chi connectivity index (χ0) is 13.1. The van der Waals surface area contributed by atoms with Crippen molar-refractivity contribution in [1.82, 2.24) is 4.98 Å². The summed E-state index contributed by atoms with van der Waals surface area (Å²) in [5.41, 5.74) is 2.87. The Hall–Kier alpha value is -1.25. The number of hydrogen-bond donors (Lipinski definition) is 0. The lowest BCUT2D eigenvalue weighted by Gasteiger charge is -2.09. The van der Waals surface area contributed by atoms with Crippen LogP contribution >= 0.6 is 23.2 Å². The van der Waals surface area contributed by atoms with Gasteiger partial charge in [0.05, 0.1) is 0 Å². The lowest BCUT2D eigenvalue weighted by atomic mass is 10.2. The molecule has 0 saturated heterocycles. The predicted molar refractivity (Wildman–Crippen MR) is 74.8 cm³/mol. The van der Waals surface area contributed by atoms with Crippen molar-refractivity contribution < 1.29 is 4.74 Å². The summed E-state index contributed by atoms with van der Waals surface area (Å²) in [7, 11) is 0. The molecule has 0 fully saturated rings. The van der Waals surface area contributed by atoms with E-state index in [1.165, 1.54) is 0 Å². The minimum absolute atomic E-state index is 0.439. The zero-order valence-corrected chi connectivity index (χ0v) is 11.7. The van der Waals surface area contributed by atoms with Crippen LogP contribution in [0.1, 0.15) is 16.8 Å². The number of ether oxygens (including phenoxy) is 1. The Morgan fingerprint density at radius 2 is 1.94 bits per heavy atom. The van der Waals surface area contributed by atoms with Gasteiger partial charge in [0.15, 0.2) is 0 Å². The maximum Gasteiger partial charge on any atom is 0.219 e. The molecule has 2 nitrogen and oxygen atoms in total. The van der Waals surface area contributed by atoms with Crippen molar-refractivity contribution in [2.24, 2.45) is 0 Å². The fraction of sp³-hybridized carbons (Fsp3) is 0.214. The third-order valence-electron chi connectivity index (χ3n) is 2.51. The second-order valence-corrected chi connectivity index (χ2v) is 4.80. The van der Waals surface area contributed by atoms with Crippen molar-refractivity contribution in [3.8, 4) is 11.6 Å². The summed E-state index contributed by atoms with van der Waals surface area (Å²) in [5, 5.41) is 0.640. The average Bonchev–Trinajstić information content (AvgIpc) is 2.33. The molecule has 18 heavy (non-hydrogen) atoms. The van der Waals surface area contributed by atoms with Gasteiger partial charge in [0, 0.05) is 22.7 Å². The molecule has 1 heterocycles. The molecule has 1 aromatic carbocycles. The van der Waals surface area contributed by atoms with Gasteiger partial charge in [0.1, 0.15) is 5.75 Å². The molecule has 0 saturated carbocycles. The number of rotatable bonds is 3. The van der Waals surface area contributed by atoms with E-state index in [1.54, 1.807) is 6.07 Å². The van der Waals surface area contributed by atoms with Crippen LogP contribution in [0.2, 0.25) is 5.02 Å². The van der Waals surface area contributed by atoms with Gasteiger partial charge < -0.3 is 4.74 Å². The first-order valence-corrected chi connectivity index (χ1v) is 6.47. The van der Waals surface area contributed by atoms with E-state index in [0.717, 1.165) is 16.8 Å². The maximum absolute atomic E-state index is 5.95. The first kappa shape index (κ1) is 13.2. The number of hydrogen-bond acceptors (Lipinski definition) is 2. The van der Waals surface area contributed by atoms with Gasteiger partial charge in [-0.3, -0.25) is 0 Å². The van der Waals surface area contributed by atoms with E-state index in [2.05, 4.69) is 4.98 Å². The summed E-state index contributed by atoms with van der Waals surface area (Å²) in [6.45, 7) is 3.87. The van der Waals surface area contributed by atoms with Gasteiger partial charge in [-0.25, -0.2) is 4.98 Å². The van der Waals surface area contributed by atoms with Gasteiger partial charge in [-0.05, 0) is 43.2 Å². The van der Waals surface area contributed by atoms with Crippen molar-refractivity contribution in [2.45, 2.75) is 19.7 Å². The highest BCUT2D eigenvalue weighted by Gasteiger charge is 2.05. The molecule has 0 spiro atoms. The standard InChI is InChI=1S/C14H13Cl2NO/c1-9-3-4-12(16)7-13(9)18-14-6-11(8-15)5-10(2)17-14/h3-7H,8H2,1-2H3. The molecule has 0 unspecified atom stereocenters. The molecule has 0 amide bonds. The van der Waals surface area contributed by atoms with Crippen LogP contribution in [0.3, 0.4) is 0 Å². The van der Waals surface area contributed by atoms with E-state index in [0.29, 0.717) is 22.5 Å². The average molecular weight is 282 g/mol.